The molecule has 0 saturated heterocycles. The highest BCUT2D eigenvalue weighted by molar-refractivity contribution is 14.1. The fraction of sp³-hybridized carbons (Fsp3) is 0.0769. The molecule has 0 spiro atoms. The predicted molar refractivity (Wildman–Crippen MR) is 78.3 cm³/mol. The van der Waals surface area contributed by atoms with E-state index in [1.165, 1.54) is 6.07 Å². The summed E-state index contributed by atoms with van der Waals surface area (Å²) >= 11 is 5.09. The molecule has 0 unspecified atom stereocenters. The number of ether oxygens (including phenoxy) is 1. The first-order chi connectivity index (χ1) is 9.70. The van der Waals surface area contributed by atoms with E-state index < -0.39 is 29.1 Å². The maximum absolute atomic E-state index is 13.7. The largest absolute Gasteiger partial charge is 0.450 e. The molecular formula is C13H5BrF5IO. The van der Waals surface area contributed by atoms with E-state index in [1.807, 2.05) is 22.6 Å². The lowest BCUT2D eigenvalue weighted by Crippen LogP contribution is -2.07. The Hall–Kier alpha value is -0.900. The zero-order chi connectivity index (χ0) is 15.8. The second kappa shape index (κ2) is 6.07. The van der Waals surface area contributed by atoms with Crippen molar-refractivity contribution in [3.8, 4) is 11.5 Å². The van der Waals surface area contributed by atoms with E-state index >= 15 is 0 Å². The van der Waals surface area contributed by atoms with Gasteiger partial charge in [0, 0.05) is 4.47 Å². The van der Waals surface area contributed by atoms with Gasteiger partial charge in [0.25, 0.3) is 0 Å². The summed E-state index contributed by atoms with van der Waals surface area (Å²) < 4.78 is 70.9. The third kappa shape index (κ3) is 3.65. The van der Waals surface area contributed by atoms with E-state index in [9.17, 15) is 22.0 Å². The lowest BCUT2D eigenvalue weighted by molar-refractivity contribution is -0.138. The molecule has 0 aromatic heterocycles. The lowest BCUT2D eigenvalue weighted by atomic mass is 10.2. The van der Waals surface area contributed by atoms with Crippen molar-refractivity contribution >= 4 is 38.5 Å². The Labute approximate surface area is 138 Å². The van der Waals surface area contributed by atoms with E-state index in [4.69, 9.17) is 4.74 Å². The van der Waals surface area contributed by atoms with Crippen molar-refractivity contribution in [2.75, 3.05) is 0 Å². The smallest absolute Gasteiger partial charge is 0.416 e. The van der Waals surface area contributed by atoms with Gasteiger partial charge in [0.2, 0.25) is 0 Å². The Bertz CT molecular complexity index is 664. The van der Waals surface area contributed by atoms with Crippen LogP contribution >= 0.6 is 38.5 Å². The van der Waals surface area contributed by atoms with E-state index in [0.717, 1.165) is 0 Å². The normalized spacial score (nSPS) is 11.6. The van der Waals surface area contributed by atoms with E-state index in [2.05, 4.69) is 15.9 Å². The summed E-state index contributed by atoms with van der Waals surface area (Å²) in [5, 5.41) is 0. The van der Waals surface area contributed by atoms with Crippen LogP contribution in [0.25, 0.3) is 0 Å². The van der Waals surface area contributed by atoms with Crippen LogP contribution in [0.2, 0.25) is 0 Å². The average molecular weight is 479 g/mol. The average Bonchev–Trinajstić information content (AvgIpc) is 2.37. The van der Waals surface area contributed by atoms with Gasteiger partial charge >= 0.3 is 6.18 Å². The molecule has 0 aliphatic heterocycles. The Morgan fingerprint density at radius 3 is 2.14 bits per heavy atom. The quantitative estimate of drug-likeness (QED) is 0.372. The molecule has 0 radical (unpaired) electrons. The van der Waals surface area contributed by atoms with Crippen LogP contribution in [0, 0.1) is 15.2 Å². The topological polar surface area (TPSA) is 9.23 Å². The summed E-state index contributed by atoms with van der Waals surface area (Å²) in [6.45, 7) is 0. The Balaban J connectivity index is 2.44. The molecule has 0 aliphatic rings. The molecule has 21 heavy (non-hydrogen) atoms. The van der Waals surface area contributed by atoms with Gasteiger partial charge in [-0.15, -0.1) is 0 Å². The highest BCUT2D eigenvalue weighted by Gasteiger charge is 2.33. The van der Waals surface area contributed by atoms with Gasteiger partial charge in [0.1, 0.15) is 5.75 Å². The van der Waals surface area contributed by atoms with Crippen LogP contribution in [0.15, 0.2) is 34.8 Å². The lowest BCUT2D eigenvalue weighted by Gasteiger charge is -2.13. The number of rotatable bonds is 2. The maximum atomic E-state index is 13.7. The van der Waals surface area contributed by atoms with Crippen LogP contribution in [0.1, 0.15) is 5.56 Å². The minimum Gasteiger partial charge on any atom is -0.450 e. The number of alkyl halides is 3. The molecule has 0 atom stereocenters. The van der Waals surface area contributed by atoms with Gasteiger partial charge < -0.3 is 4.74 Å². The maximum Gasteiger partial charge on any atom is 0.416 e. The number of benzene rings is 2. The van der Waals surface area contributed by atoms with Crippen molar-refractivity contribution in [1.29, 1.82) is 0 Å². The fourth-order valence-electron chi connectivity index (χ4n) is 1.49. The zero-order valence-electron chi connectivity index (χ0n) is 9.94. The molecule has 8 heteroatoms. The van der Waals surface area contributed by atoms with Crippen LogP contribution in [-0.2, 0) is 6.18 Å². The standard InChI is InChI=1S/C13H5BrF5IO/c14-7-2-1-3-10(11(7)20)21-12-8(15)4-6(5-9(12)16)13(17,18)19/h1-5H. The first-order valence-electron chi connectivity index (χ1n) is 5.38. The molecular weight excluding hydrogens is 474 g/mol. The van der Waals surface area contributed by atoms with Crippen molar-refractivity contribution in [1.82, 2.24) is 0 Å². The molecule has 0 amide bonds. The Kier molecular flexibility index (Phi) is 4.76. The molecule has 0 saturated carbocycles. The monoisotopic (exact) mass is 478 g/mol. The number of hydrogen-bond donors (Lipinski definition) is 0. The summed E-state index contributed by atoms with van der Waals surface area (Å²) in [5.74, 6) is -3.59. The second-order valence-electron chi connectivity index (χ2n) is 3.92. The highest BCUT2D eigenvalue weighted by Crippen LogP contribution is 2.37. The molecule has 0 N–H and O–H groups in total. The molecule has 0 heterocycles. The predicted octanol–water partition coefficient (Wildman–Crippen LogP) is 6.14. The first kappa shape index (κ1) is 16.5. The molecule has 1 nitrogen and oxygen atoms in total. The molecule has 0 aliphatic carbocycles. The summed E-state index contributed by atoms with van der Waals surface area (Å²) in [4.78, 5) is 0. The Morgan fingerprint density at radius 2 is 1.62 bits per heavy atom. The van der Waals surface area contributed by atoms with Crippen molar-refractivity contribution in [2.24, 2.45) is 0 Å². The van der Waals surface area contributed by atoms with E-state index in [1.54, 1.807) is 12.1 Å². The SMILES string of the molecule is Fc1cc(C(F)(F)F)cc(F)c1Oc1cccc(Br)c1I. The molecule has 112 valence electrons. The van der Waals surface area contributed by atoms with Crippen LogP contribution in [0.5, 0.6) is 11.5 Å². The zero-order valence-corrected chi connectivity index (χ0v) is 13.7. The molecule has 0 fully saturated rings. The van der Waals surface area contributed by atoms with Gasteiger partial charge in [-0.25, -0.2) is 8.78 Å². The van der Waals surface area contributed by atoms with Crippen molar-refractivity contribution < 1.29 is 26.7 Å². The number of hydrogen-bond acceptors (Lipinski definition) is 1. The van der Waals surface area contributed by atoms with Gasteiger partial charge in [-0.2, -0.15) is 13.2 Å². The molecule has 2 rings (SSSR count). The summed E-state index contributed by atoms with van der Waals surface area (Å²) in [7, 11) is 0. The van der Waals surface area contributed by atoms with E-state index in [-0.39, 0.29) is 17.9 Å². The van der Waals surface area contributed by atoms with Gasteiger partial charge in [0.05, 0.1) is 9.13 Å². The second-order valence-corrected chi connectivity index (χ2v) is 5.85. The third-order valence-corrected chi connectivity index (χ3v) is 4.97. The van der Waals surface area contributed by atoms with Crippen molar-refractivity contribution in [2.45, 2.75) is 6.18 Å². The van der Waals surface area contributed by atoms with Gasteiger partial charge in [-0.05, 0) is 62.8 Å². The minimum absolute atomic E-state index is 0.127. The van der Waals surface area contributed by atoms with Crippen molar-refractivity contribution in [3.05, 3.63) is 55.6 Å². The minimum atomic E-state index is -4.83. The molecule has 2 aromatic rings. The van der Waals surface area contributed by atoms with E-state index in [0.29, 0.717) is 8.04 Å². The van der Waals surface area contributed by atoms with Crippen LogP contribution in [0.4, 0.5) is 22.0 Å². The summed E-state index contributed by atoms with van der Waals surface area (Å²) in [5.41, 5.74) is -1.41. The highest BCUT2D eigenvalue weighted by atomic mass is 127. The van der Waals surface area contributed by atoms with Gasteiger partial charge in [-0.1, -0.05) is 6.07 Å². The molecule has 0 bridgehead atoms. The van der Waals surface area contributed by atoms with Crippen molar-refractivity contribution in [3.63, 3.8) is 0 Å². The Morgan fingerprint density at radius 1 is 1.05 bits per heavy atom. The van der Waals surface area contributed by atoms with Gasteiger partial charge in [-0.3, -0.25) is 0 Å². The third-order valence-electron chi connectivity index (χ3n) is 2.45. The van der Waals surface area contributed by atoms with Gasteiger partial charge in [0.15, 0.2) is 17.4 Å². The summed E-state index contributed by atoms with van der Waals surface area (Å²) in [6.07, 6.45) is -4.83. The number of halogens is 7. The first-order valence-corrected chi connectivity index (χ1v) is 7.25. The van der Waals surface area contributed by atoms with Crippen LogP contribution in [-0.4, -0.2) is 0 Å². The van der Waals surface area contributed by atoms with Crippen LogP contribution in [0.3, 0.4) is 0 Å². The van der Waals surface area contributed by atoms with Crippen LogP contribution < -0.4 is 4.74 Å². The molecule has 2 aromatic carbocycles. The fourth-order valence-corrected chi connectivity index (χ4v) is 2.31. The summed E-state index contributed by atoms with van der Waals surface area (Å²) in [6, 6.07) is 5.10.